The molecular weight excluding hydrogens is 390 g/mol. The third-order valence-corrected chi connectivity index (χ3v) is 6.46. The number of pyridine rings is 1. The average Bonchev–Trinajstić information content (AvgIpc) is 3.52. The summed E-state index contributed by atoms with van der Waals surface area (Å²) < 4.78 is 8.24. The van der Waals surface area contributed by atoms with Gasteiger partial charge in [0.25, 0.3) is 0 Å². The molecule has 0 radical (unpaired) electrons. The number of anilines is 2. The molecule has 1 fully saturated rings. The molecule has 1 amide bonds. The molecule has 7 nitrogen and oxygen atoms in total. The van der Waals surface area contributed by atoms with E-state index in [0.717, 1.165) is 33.3 Å². The molecule has 6 rings (SSSR count). The highest BCUT2D eigenvalue weighted by molar-refractivity contribution is 6.01. The second-order valence-electron chi connectivity index (χ2n) is 8.51. The zero-order chi connectivity index (χ0) is 20.9. The molecule has 7 heteroatoms. The summed E-state index contributed by atoms with van der Waals surface area (Å²) in [5.74, 6) is 1.09. The fraction of sp³-hybridized carbons (Fsp3) is 0.292. The first-order chi connectivity index (χ1) is 15.2. The standard InChI is InChI=1S/C24H23N5O2/c25-24-23-18(10-21(31-23)14-6-7-20-15(8-14)9-22(30)28-20)19(12-26-24)16-11-27-29(13-16)17-4-2-1-3-5-17/h6-8,10-13,17H,1-5,9H2,(H2,25,26)(H,28,30). The maximum Gasteiger partial charge on any atom is 0.228 e. The van der Waals surface area contributed by atoms with Gasteiger partial charge >= 0.3 is 0 Å². The lowest BCUT2D eigenvalue weighted by Gasteiger charge is -2.21. The van der Waals surface area contributed by atoms with Crippen LogP contribution in [0.3, 0.4) is 0 Å². The molecular formula is C24H23N5O2. The number of nitrogens with zero attached hydrogens (tertiary/aromatic N) is 3. The smallest absolute Gasteiger partial charge is 0.228 e. The Balaban J connectivity index is 1.41. The second-order valence-corrected chi connectivity index (χ2v) is 8.51. The number of nitrogen functional groups attached to an aromatic ring is 1. The Morgan fingerprint density at radius 2 is 1.97 bits per heavy atom. The Labute approximate surface area is 179 Å². The van der Waals surface area contributed by atoms with Crippen LogP contribution in [0.2, 0.25) is 0 Å². The molecule has 1 aliphatic carbocycles. The molecule has 0 spiro atoms. The van der Waals surface area contributed by atoms with E-state index in [-0.39, 0.29) is 5.91 Å². The van der Waals surface area contributed by atoms with Crippen LogP contribution in [0.1, 0.15) is 43.7 Å². The molecule has 156 valence electrons. The Morgan fingerprint density at radius 3 is 2.84 bits per heavy atom. The van der Waals surface area contributed by atoms with Gasteiger partial charge in [-0.2, -0.15) is 5.10 Å². The monoisotopic (exact) mass is 413 g/mol. The van der Waals surface area contributed by atoms with Crippen LogP contribution in [0.4, 0.5) is 11.5 Å². The van der Waals surface area contributed by atoms with E-state index in [1.54, 1.807) is 6.20 Å². The fourth-order valence-electron chi connectivity index (χ4n) is 4.82. The molecule has 3 N–H and O–H groups in total. The van der Waals surface area contributed by atoms with Crippen LogP contribution in [0, 0.1) is 0 Å². The number of nitrogens with two attached hydrogens (primary N) is 1. The maximum absolute atomic E-state index is 11.7. The van der Waals surface area contributed by atoms with Crippen LogP contribution >= 0.6 is 0 Å². The number of fused-ring (bicyclic) bond motifs is 2. The summed E-state index contributed by atoms with van der Waals surface area (Å²) in [5.41, 5.74) is 11.4. The molecule has 4 aromatic rings. The zero-order valence-corrected chi connectivity index (χ0v) is 17.1. The van der Waals surface area contributed by atoms with Gasteiger partial charge in [0, 0.05) is 40.2 Å². The third-order valence-electron chi connectivity index (χ3n) is 6.46. The molecule has 3 aromatic heterocycles. The average molecular weight is 413 g/mol. The highest BCUT2D eigenvalue weighted by Crippen LogP contribution is 2.38. The van der Waals surface area contributed by atoms with Gasteiger partial charge in [-0.1, -0.05) is 19.3 Å². The van der Waals surface area contributed by atoms with Gasteiger partial charge in [0.15, 0.2) is 11.4 Å². The van der Waals surface area contributed by atoms with Crippen molar-refractivity contribution in [3.8, 4) is 22.5 Å². The number of carbonyl (C=O) groups excluding carboxylic acids is 1. The summed E-state index contributed by atoms with van der Waals surface area (Å²) in [6.45, 7) is 0. The lowest BCUT2D eigenvalue weighted by atomic mass is 9.96. The number of nitrogens with one attached hydrogen (secondary N) is 1. The van der Waals surface area contributed by atoms with Gasteiger partial charge in [-0.25, -0.2) is 4.98 Å². The van der Waals surface area contributed by atoms with E-state index in [1.165, 1.54) is 32.1 Å². The first kappa shape index (κ1) is 18.2. The molecule has 1 aromatic carbocycles. The first-order valence-corrected chi connectivity index (χ1v) is 10.8. The van der Waals surface area contributed by atoms with Gasteiger partial charge in [-0.05, 0) is 42.7 Å². The van der Waals surface area contributed by atoms with E-state index in [4.69, 9.17) is 10.2 Å². The van der Waals surface area contributed by atoms with E-state index in [2.05, 4.69) is 26.3 Å². The zero-order valence-electron chi connectivity index (χ0n) is 17.1. The van der Waals surface area contributed by atoms with Crippen molar-refractivity contribution in [2.45, 2.75) is 44.6 Å². The number of hydrogen-bond donors (Lipinski definition) is 2. The quantitative estimate of drug-likeness (QED) is 0.496. The molecule has 0 bridgehead atoms. The van der Waals surface area contributed by atoms with Gasteiger partial charge in [-0.3, -0.25) is 9.48 Å². The van der Waals surface area contributed by atoms with Crippen LogP contribution in [-0.2, 0) is 11.2 Å². The highest BCUT2D eigenvalue weighted by atomic mass is 16.3. The largest absolute Gasteiger partial charge is 0.452 e. The van der Waals surface area contributed by atoms with Crippen LogP contribution in [0.25, 0.3) is 33.4 Å². The van der Waals surface area contributed by atoms with Crippen molar-refractivity contribution < 1.29 is 9.21 Å². The summed E-state index contributed by atoms with van der Waals surface area (Å²) in [4.78, 5) is 16.1. The van der Waals surface area contributed by atoms with Crippen molar-refractivity contribution in [3.05, 3.63) is 48.4 Å². The minimum absolute atomic E-state index is 0.0162. The summed E-state index contributed by atoms with van der Waals surface area (Å²) in [6.07, 6.45) is 12.4. The molecule has 1 saturated carbocycles. The van der Waals surface area contributed by atoms with Crippen LogP contribution < -0.4 is 11.1 Å². The molecule has 0 atom stereocenters. The summed E-state index contributed by atoms with van der Waals surface area (Å²) in [7, 11) is 0. The van der Waals surface area contributed by atoms with Gasteiger partial charge in [0.2, 0.25) is 5.91 Å². The number of rotatable bonds is 3. The van der Waals surface area contributed by atoms with Crippen molar-refractivity contribution in [1.29, 1.82) is 0 Å². The van der Waals surface area contributed by atoms with Crippen LogP contribution in [0.5, 0.6) is 0 Å². The second kappa shape index (κ2) is 6.97. The molecule has 31 heavy (non-hydrogen) atoms. The Morgan fingerprint density at radius 1 is 1.10 bits per heavy atom. The van der Waals surface area contributed by atoms with Gasteiger partial charge in [-0.15, -0.1) is 0 Å². The molecule has 0 unspecified atom stereocenters. The number of aromatic nitrogens is 3. The Kier molecular flexibility index (Phi) is 4.09. The molecule has 2 aliphatic rings. The maximum atomic E-state index is 11.7. The third kappa shape index (κ3) is 3.08. The number of benzene rings is 1. The van der Waals surface area contributed by atoms with Gasteiger partial charge < -0.3 is 15.5 Å². The van der Waals surface area contributed by atoms with Crippen molar-refractivity contribution in [2.24, 2.45) is 0 Å². The number of amides is 1. The van der Waals surface area contributed by atoms with Crippen molar-refractivity contribution in [3.63, 3.8) is 0 Å². The van der Waals surface area contributed by atoms with E-state index in [0.29, 0.717) is 29.6 Å². The molecule has 1 aliphatic heterocycles. The van der Waals surface area contributed by atoms with Crippen molar-refractivity contribution in [2.75, 3.05) is 11.1 Å². The minimum Gasteiger partial charge on any atom is -0.452 e. The summed E-state index contributed by atoms with van der Waals surface area (Å²) in [5, 5.41) is 8.42. The van der Waals surface area contributed by atoms with E-state index >= 15 is 0 Å². The highest BCUT2D eigenvalue weighted by Gasteiger charge is 2.21. The predicted octanol–water partition coefficient (Wildman–Crippen LogP) is 4.94. The minimum atomic E-state index is 0.0162. The topological polar surface area (TPSA) is 99.0 Å². The van der Waals surface area contributed by atoms with Crippen molar-refractivity contribution in [1.82, 2.24) is 14.8 Å². The summed E-state index contributed by atoms with van der Waals surface area (Å²) >= 11 is 0. The molecule has 0 saturated heterocycles. The first-order valence-electron chi connectivity index (χ1n) is 10.8. The Bertz CT molecular complexity index is 1310. The van der Waals surface area contributed by atoms with E-state index in [9.17, 15) is 4.79 Å². The number of furan rings is 1. The lowest BCUT2D eigenvalue weighted by Crippen LogP contribution is -2.12. The number of hydrogen-bond acceptors (Lipinski definition) is 5. The lowest BCUT2D eigenvalue weighted by molar-refractivity contribution is -0.115. The Hall–Kier alpha value is -3.61. The van der Waals surface area contributed by atoms with E-state index in [1.807, 2.05) is 30.5 Å². The van der Waals surface area contributed by atoms with Gasteiger partial charge in [0.05, 0.1) is 18.7 Å². The predicted molar refractivity (Wildman–Crippen MR) is 120 cm³/mol. The normalized spacial score (nSPS) is 16.6. The van der Waals surface area contributed by atoms with E-state index < -0.39 is 0 Å². The SMILES string of the molecule is Nc1ncc(-c2cnn(C3CCCCC3)c2)c2cc(-c3ccc4c(c3)CC(=O)N4)oc12. The summed E-state index contributed by atoms with van der Waals surface area (Å²) in [6, 6.07) is 8.34. The number of carbonyl (C=O) groups is 1. The van der Waals surface area contributed by atoms with Gasteiger partial charge in [0.1, 0.15) is 5.76 Å². The fourth-order valence-corrected chi connectivity index (χ4v) is 4.82. The van der Waals surface area contributed by atoms with Crippen LogP contribution in [0.15, 0.2) is 47.3 Å². The molecule has 4 heterocycles. The van der Waals surface area contributed by atoms with Crippen molar-refractivity contribution >= 4 is 28.4 Å². The van der Waals surface area contributed by atoms with Crippen LogP contribution in [-0.4, -0.2) is 20.7 Å².